The number of hydrogen-bond acceptors (Lipinski definition) is 7. The van der Waals surface area contributed by atoms with E-state index in [1.54, 1.807) is 36.4 Å². The van der Waals surface area contributed by atoms with Crippen LogP contribution in [0.25, 0.3) is 5.76 Å². The van der Waals surface area contributed by atoms with Crippen LogP contribution in [0.5, 0.6) is 5.75 Å². The second-order valence-electron chi connectivity index (χ2n) is 6.55. The number of aliphatic hydroxyl groups is 1. The number of rotatable bonds is 4. The Morgan fingerprint density at radius 3 is 2.48 bits per heavy atom. The first kappa shape index (κ1) is 18.9. The molecule has 1 N–H and O–H groups in total. The van der Waals surface area contributed by atoms with Gasteiger partial charge in [-0.15, -0.1) is 11.3 Å². The smallest absolute Gasteiger partial charge is 0.302 e. The van der Waals surface area contributed by atoms with Crippen LogP contribution in [0.15, 0.2) is 52.7 Å². The van der Waals surface area contributed by atoms with Crippen molar-refractivity contribution in [2.45, 2.75) is 19.9 Å². The summed E-state index contributed by atoms with van der Waals surface area (Å²) in [5.74, 6) is -0.844. The summed E-state index contributed by atoms with van der Waals surface area (Å²) in [6.07, 6.45) is 1.46. The van der Waals surface area contributed by atoms with E-state index in [2.05, 4.69) is 4.98 Å². The topological polar surface area (TPSA) is 92.9 Å². The third-order valence-electron chi connectivity index (χ3n) is 4.84. The number of Topliss-reactive ketones (excluding diaryl/α,β-unsaturated/α-hetero) is 1. The highest BCUT2D eigenvalue weighted by atomic mass is 32.1. The lowest BCUT2D eigenvalue weighted by Gasteiger charge is -2.20. The number of aliphatic hydroxyl groups excluding tert-OH is 1. The Morgan fingerprint density at radius 2 is 1.93 bits per heavy atom. The molecule has 1 aliphatic rings. The molecule has 1 fully saturated rings. The van der Waals surface area contributed by atoms with Gasteiger partial charge in [0.25, 0.3) is 5.78 Å². The van der Waals surface area contributed by atoms with Gasteiger partial charge < -0.3 is 14.3 Å². The minimum Gasteiger partial charge on any atom is -0.507 e. The zero-order valence-electron chi connectivity index (χ0n) is 16.0. The molecule has 29 heavy (non-hydrogen) atoms. The molecule has 0 bridgehead atoms. The number of benzene rings is 1. The highest BCUT2D eigenvalue weighted by molar-refractivity contribution is 7.16. The number of methoxy groups -OCH3 is 1. The van der Waals surface area contributed by atoms with Crippen LogP contribution in [0.3, 0.4) is 0 Å². The Bertz CT molecular complexity index is 1090. The van der Waals surface area contributed by atoms with Gasteiger partial charge in [-0.25, -0.2) is 4.98 Å². The number of thiazole rings is 1. The number of aromatic nitrogens is 1. The molecule has 0 aliphatic carbocycles. The lowest BCUT2D eigenvalue weighted by Crippen LogP contribution is -2.29. The van der Waals surface area contributed by atoms with Gasteiger partial charge in [0, 0.05) is 10.4 Å². The van der Waals surface area contributed by atoms with Crippen molar-refractivity contribution < 1.29 is 23.8 Å². The first-order valence-electron chi connectivity index (χ1n) is 8.85. The summed E-state index contributed by atoms with van der Waals surface area (Å²) in [6.45, 7) is 3.73. The monoisotopic (exact) mass is 410 g/mol. The molecule has 2 aromatic heterocycles. The number of anilines is 1. The summed E-state index contributed by atoms with van der Waals surface area (Å²) in [5, 5.41) is 11.3. The molecule has 0 spiro atoms. The maximum atomic E-state index is 12.9. The van der Waals surface area contributed by atoms with Crippen LogP contribution >= 0.6 is 11.3 Å². The summed E-state index contributed by atoms with van der Waals surface area (Å²) in [4.78, 5) is 32.5. The Kier molecular flexibility index (Phi) is 4.71. The second-order valence-corrected chi connectivity index (χ2v) is 7.73. The number of ketones is 1. The number of aryl methyl sites for hydroxylation is 2. The molecule has 1 aromatic carbocycles. The molecular formula is C21H18N2O5S. The van der Waals surface area contributed by atoms with Gasteiger partial charge in [0.05, 0.1) is 24.6 Å². The molecule has 0 saturated carbocycles. The molecule has 0 unspecified atom stereocenters. The van der Waals surface area contributed by atoms with Crippen molar-refractivity contribution in [3.63, 3.8) is 0 Å². The lowest BCUT2D eigenvalue weighted by molar-refractivity contribution is -0.132. The minimum atomic E-state index is -0.906. The van der Waals surface area contributed by atoms with Crippen molar-refractivity contribution in [2.24, 2.45) is 0 Å². The molecule has 0 radical (unpaired) electrons. The second kappa shape index (κ2) is 7.21. The zero-order chi connectivity index (χ0) is 20.7. The van der Waals surface area contributed by atoms with Crippen LogP contribution in [0.2, 0.25) is 0 Å². The Balaban J connectivity index is 1.89. The van der Waals surface area contributed by atoms with Gasteiger partial charge in [0.2, 0.25) is 0 Å². The standard InChI is InChI=1S/C21H18N2O5S/c1-11-12(2)29-21(22-11)23-17(15-5-4-10-28-15)16(19(25)20(23)26)18(24)13-6-8-14(27-3)9-7-13/h4-10,17,24H,1-3H3/b18-16-/t17-/m0/s1. The van der Waals surface area contributed by atoms with Crippen molar-refractivity contribution in [3.05, 3.63) is 70.1 Å². The van der Waals surface area contributed by atoms with E-state index in [4.69, 9.17) is 9.15 Å². The molecule has 4 rings (SSSR count). The number of nitrogens with zero attached hydrogens (tertiary/aromatic N) is 2. The van der Waals surface area contributed by atoms with E-state index in [-0.39, 0.29) is 11.3 Å². The number of carbonyl (C=O) groups excluding carboxylic acids is 2. The average molecular weight is 410 g/mol. The maximum absolute atomic E-state index is 12.9. The lowest BCUT2D eigenvalue weighted by atomic mass is 9.99. The van der Waals surface area contributed by atoms with E-state index in [0.717, 1.165) is 10.6 Å². The van der Waals surface area contributed by atoms with Crippen molar-refractivity contribution in [1.82, 2.24) is 4.98 Å². The predicted octanol–water partition coefficient (Wildman–Crippen LogP) is 3.99. The molecular weight excluding hydrogens is 392 g/mol. The van der Waals surface area contributed by atoms with Crippen LogP contribution in [0.1, 0.15) is 27.9 Å². The fourth-order valence-corrected chi connectivity index (χ4v) is 4.15. The highest BCUT2D eigenvalue weighted by Crippen LogP contribution is 2.43. The van der Waals surface area contributed by atoms with Gasteiger partial charge in [0.15, 0.2) is 5.13 Å². The third kappa shape index (κ3) is 3.11. The normalized spacial score (nSPS) is 18.4. The first-order valence-corrected chi connectivity index (χ1v) is 9.67. The van der Waals surface area contributed by atoms with E-state index in [0.29, 0.717) is 22.2 Å². The number of ether oxygens (including phenoxy) is 1. The van der Waals surface area contributed by atoms with Crippen molar-refractivity contribution >= 4 is 33.9 Å². The largest absolute Gasteiger partial charge is 0.507 e. The average Bonchev–Trinajstić information content (AvgIpc) is 3.42. The van der Waals surface area contributed by atoms with E-state index < -0.39 is 17.7 Å². The first-order chi connectivity index (χ1) is 13.9. The summed E-state index contributed by atoms with van der Waals surface area (Å²) >= 11 is 1.31. The van der Waals surface area contributed by atoms with Gasteiger partial charge in [-0.3, -0.25) is 14.5 Å². The van der Waals surface area contributed by atoms with Gasteiger partial charge in [-0.05, 0) is 50.2 Å². The molecule has 3 heterocycles. The molecule has 8 heteroatoms. The van der Waals surface area contributed by atoms with Crippen LogP contribution in [0, 0.1) is 13.8 Å². The van der Waals surface area contributed by atoms with Crippen LogP contribution in [0.4, 0.5) is 5.13 Å². The summed E-state index contributed by atoms with van der Waals surface area (Å²) in [6, 6.07) is 9.01. The molecule has 148 valence electrons. The fourth-order valence-electron chi connectivity index (χ4n) is 3.21. The quantitative estimate of drug-likeness (QED) is 0.397. The van der Waals surface area contributed by atoms with Gasteiger partial charge in [-0.1, -0.05) is 0 Å². The number of hydrogen-bond donors (Lipinski definition) is 1. The maximum Gasteiger partial charge on any atom is 0.302 e. The van der Waals surface area contributed by atoms with E-state index in [1.165, 1.54) is 29.6 Å². The van der Waals surface area contributed by atoms with Crippen molar-refractivity contribution in [3.8, 4) is 5.75 Å². The molecule has 7 nitrogen and oxygen atoms in total. The molecule has 1 amide bonds. The Hall–Kier alpha value is -3.39. The Morgan fingerprint density at radius 1 is 1.21 bits per heavy atom. The van der Waals surface area contributed by atoms with Crippen LogP contribution in [-0.4, -0.2) is 28.9 Å². The van der Waals surface area contributed by atoms with Crippen molar-refractivity contribution in [2.75, 3.05) is 12.0 Å². The minimum absolute atomic E-state index is 0.0411. The molecule has 1 saturated heterocycles. The zero-order valence-corrected chi connectivity index (χ0v) is 16.8. The fraction of sp³-hybridized carbons (Fsp3) is 0.190. The highest BCUT2D eigenvalue weighted by Gasteiger charge is 2.49. The summed E-state index contributed by atoms with van der Waals surface area (Å²) < 4.78 is 10.7. The molecule has 1 aliphatic heterocycles. The van der Waals surface area contributed by atoms with Gasteiger partial charge >= 0.3 is 5.91 Å². The third-order valence-corrected chi connectivity index (χ3v) is 5.92. The van der Waals surface area contributed by atoms with Gasteiger partial charge in [-0.2, -0.15) is 0 Å². The van der Waals surface area contributed by atoms with Crippen molar-refractivity contribution in [1.29, 1.82) is 0 Å². The van der Waals surface area contributed by atoms with Crippen LogP contribution < -0.4 is 9.64 Å². The number of furan rings is 1. The SMILES string of the molecule is COc1ccc(/C(O)=C2/C(=O)C(=O)N(c3nc(C)c(C)s3)[C@H]2c2ccco2)cc1. The molecule has 3 aromatic rings. The predicted molar refractivity (Wildman–Crippen MR) is 108 cm³/mol. The van der Waals surface area contributed by atoms with E-state index >= 15 is 0 Å². The number of amides is 1. The summed E-state index contributed by atoms with van der Waals surface area (Å²) in [5.41, 5.74) is 1.13. The molecule has 1 atom stereocenters. The van der Waals surface area contributed by atoms with E-state index in [9.17, 15) is 14.7 Å². The Labute approximate surface area is 170 Å². The van der Waals surface area contributed by atoms with E-state index in [1.807, 2.05) is 13.8 Å². The summed E-state index contributed by atoms with van der Waals surface area (Å²) in [7, 11) is 1.54. The number of carbonyl (C=O) groups is 2. The van der Waals surface area contributed by atoms with Crippen LogP contribution in [-0.2, 0) is 9.59 Å². The van der Waals surface area contributed by atoms with Gasteiger partial charge in [0.1, 0.15) is 23.3 Å².